The molecule has 2 nitrogen and oxygen atoms in total. The van der Waals surface area contributed by atoms with Crippen LogP contribution >= 0.6 is 45.5 Å². The Morgan fingerprint density at radius 2 is 2.21 bits per heavy atom. The van der Waals surface area contributed by atoms with E-state index in [1.165, 1.54) is 11.3 Å². The van der Waals surface area contributed by atoms with Crippen LogP contribution in [0.2, 0.25) is 5.02 Å². The molecule has 0 bridgehead atoms. The number of halogens is 2. The van der Waals surface area contributed by atoms with Gasteiger partial charge >= 0.3 is 5.97 Å². The number of aromatic carboxylic acids is 1. The van der Waals surface area contributed by atoms with Crippen LogP contribution in [0.1, 0.15) is 9.67 Å². The minimum Gasteiger partial charge on any atom is -0.477 e. The van der Waals surface area contributed by atoms with Gasteiger partial charge < -0.3 is 5.11 Å². The summed E-state index contributed by atoms with van der Waals surface area (Å²) in [7, 11) is 0. The Balaban J connectivity index is 2.77. The molecule has 0 saturated carbocycles. The molecule has 5 heteroatoms. The van der Waals surface area contributed by atoms with Gasteiger partial charge in [0.2, 0.25) is 0 Å². The molecule has 14 heavy (non-hydrogen) atoms. The van der Waals surface area contributed by atoms with Crippen molar-refractivity contribution in [1.29, 1.82) is 0 Å². The number of hydrogen-bond donors (Lipinski definition) is 1. The monoisotopic (exact) mass is 338 g/mol. The van der Waals surface area contributed by atoms with E-state index in [2.05, 4.69) is 22.6 Å². The van der Waals surface area contributed by atoms with Crippen molar-refractivity contribution in [3.8, 4) is 0 Å². The predicted octanol–water partition coefficient (Wildman–Crippen LogP) is 3.86. The average molecular weight is 339 g/mol. The lowest BCUT2D eigenvalue weighted by molar-refractivity contribution is 0.0702. The van der Waals surface area contributed by atoms with Gasteiger partial charge in [-0.2, -0.15) is 0 Å². The van der Waals surface area contributed by atoms with Crippen LogP contribution in [0, 0.1) is 3.57 Å². The quantitative estimate of drug-likeness (QED) is 0.802. The standard InChI is InChI=1S/C9H4ClIO2S/c10-5-1-2-6-4(8(5)11)3-7(14-6)9(12)13/h1-3H,(H,12,13). The van der Waals surface area contributed by atoms with Gasteiger partial charge in [0.25, 0.3) is 0 Å². The van der Waals surface area contributed by atoms with E-state index in [-0.39, 0.29) is 0 Å². The van der Waals surface area contributed by atoms with Gasteiger partial charge in [0, 0.05) is 13.7 Å². The van der Waals surface area contributed by atoms with Gasteiger partial charge in [0.15, 0.2) is 0 Å². The zero-order valence-corrected chi connectivity index (χ0v) is 10.5. The van der Waals surface area contributed by atoms with E-state index in [4.69, 9.17) is 16.7 Å². The molecule has 1 aromatic carbocycles. The third kappa shape index (κ3) is 1.62. The highest BCUT2D eigenvalue weighted by molar-refractivity contribution is 14.1. The van der Waals surface area contributed by atoms with E-state index in [0.29, 0.717) is 9.90 Å². The molecule has 0 aliphatic heterocycles. The van der Waals surface area contributed by atoms with Crippen molar-refractivity contribution in [3.05, 3.63) is 31.7 Å². The summed E-state index contributed by atoms with van der Waals surface area (Å²) in [5, 5.41) is 10.4. The van der Waals surface area contributed by atoms with Crippen molar-refractivity contribution < 1.29 is 9.90 Å². The first-order valence-electron chi connectivity index (χ1n) is 3.70. The third-order valence-corrected chi connectivity index (χ3v) is 4.68. The normalized spacial score (nSPS) is 10.7. The van der Waals surface area contributed by atoms with Crippen LogP contribution in [0.15, 0.2) is 18.2 Å². The molecule has 0 unspecified atom stereocenters. The summed E-state index contributed by atoms with van der Waals surface area (Å²) < 4.78 is 1.86. The number of thiophene rings is 1. The van der Waals surface area contributed by atoms with E-state index >= 15 is 0 Å². The lowest BCUT2D eigenvalue weighted by atomic mass is 10.2. The molecule has 2 rings (SSSR count). The summed E-state index contributed by atoms with van der Waals surface area (Å²) in [6.07, 6.45) is 0. The first-order chi connectivity index (χ1) is 6.59. The summed E-state index contributed by atoms with van der Waals surface area (Å²) in [6, 6.07) is 5.29. The smallest absolute Gasteiger partial charge is 0.345 e. The van der Waals surface area contributed by atoms with Crippen LogP contribution in [-0.2, 0) is 0 Å². The van der Waals surface area contributed by atoms with Crippen LogP contribution in [0.4, 0.5) is 0 Å². The summed E-state index contributed by atoms with van der Waals surface area (Å²) >= 11 is 9.31. The van der Waals surface area contributed by atoms with E-state index < -0.39 is 5.97 Å². The molecule has 1 aromatic heterocycles. The molecule has 0 aliphatic rings. The van der Waals surface area contributed by atoms with Crippen LogP contribution in [-0.4, -0.2) is 11.1 Å². The minimum absolute atomic E-state index is 0.347. The van der Waals surface area contributed by atoms with E-state index in [1.54, 1.807) is 12.1 Å². The van der Waals surface area contributed by atoms with E-state index in [9.17, 15) is 4.79 Å². The maximum Gasteiger partial charge on any atom is 0.345 e. The molecule has 0 radical (unpaired) electrons. The first-order valence-corrected chi connectivity index (χ1v) is 5.98. The van der Waals surface area contributed by atoms with Crippen molar-refractivity contribution in [2.45, 2.75) is 0 Å². The second-order valence-corrected chi connectivity index (χ2v) is 5.26. The number of rotatable bonds is 1. The number of benzene rings is 1. The van der Waals surface area contributed by atoms with Gasteiger partial charge in [-0.05, 0) is 40.8 Å². The van der Waals surface area contributed by atoms with Gasteiger partial charge in [-0.3, -0.25) is 0 Å². The Bertz CT molecular complexity index is 521. The van der Waals surface area contributed by atoms with E-state index in [1.807, 2.05) is 6.07 Å². The number of carboxylic acid groups (broad SMARTS) is 1. The summed E-state index contributed by atoms with van der Waals surface area (Å²) in [4.78, 5) is 11.1. The van der Waals surface area contributed by atoms with Gasteiger partial charge in [-0.25, -0.2) is 4.79 Å². The second-order valence-electron chi connectivity index (χ2n) is 2.69. The zero-order chi connectivity index (χ0) is 10.3. The fourth-order valence-electron chi connectivity index (χ4n) is 1.16. The molecule has 72 valence electrons. The van der Waals surface area contributed by atoms with Gasteiger partial charge in [-0.15, -0.1) is 11.3 Å². The zero-order valence-electron chi connectivity index (χ0n) is 6.75. The molecule has 0 aliphatic carbocycles. The predicted molar refractivity (Wildman–Crippen MR) is 66.5 cm³/mol. The molecule has 1 N–H and O–H groups in total. The van der Waals surface area contributed by atoms with Crippen LogP contribution in [0.5, 0.6) is 0 Å². The minimum atomic E-state index is -0.891. The molecular weight excluding hydrogens is 335 g/mol. The van der Waals surface area contributed by atoms with Crippen molar-refractivity contribution >= 4 is 61.6 Å². The van der Waals surface area contributed by atoms with Crippen molar-refractivity contribution in [2.24, 2.45) is 0 Å². The van der Waals surface area contributed by atoms with Crippen LogP contribution in [0.25, 0.3) is 10.1 Å². The maximum absolute atomic E-state index is 10.7. The Morgan fingerprint density at radius 1 is 1.50 bits per heavy atom. The molecule has 0 fully saturated rings. The van der Waals surface area contributed by atoms with Crippen LogP contribution in [0.3, 0.4) is 0 Å². The fourth-order valence-corrected chi connectivity index (χ4v) is 3.04. The molecule has 0 amide bonds. The Morgan fingerprint density at radius 3 is 2.86 bits per heavy atom. The topological polar surface area (TPSA) is 37.3 Å². The third-order valence-electron chi connectivity index (χ3n) is 1.80. The van der Waals surface area contributed by atoms with Crippen molar-refractivity contribution in [3.63, 3.8) is 0 Å². The highest BCUT2D eigenvalue weighted by atomic mass is 127. The Hall–Kier alpha value is -0.330. The van der Waals surface area contributed by atoms with Gasteiger partial charge in [-0.1, -0.05) is 11.6 Å². The summed E-state index contributed by atoms with van der Waals surface area (Å²) in [6.45, 7) is 0. The largest absolute Gasteiger partial charge is 0.477 e. The highest BCUT2D eigenvalue weighted by Crippen LogP contribution is 2.33. The van der Waals surface area contributed by atoms with Gasteiger partial charge in [0.05, 0.1) is 5.02 Å². The average Bonchev–Trinajstić information content (AvgIpc) is 2.56. The number of carboxylic acids is 1. The first kappa shape index (κ1) is 10.2. The van der Waals surface area contributed by atoms with Crippen LogP contribution < -0.4 is 0 Å². The summed E-state index contributed by atoms with van der Waals surface area (Å²) in [5.74, 6) is -0.891. The molecular formula is C9H4ClIO2S. The molecule has 2 aromatic rings. The fraction of sp³-hybridized carbons (Fsp3) is 0. The highest BCUT2D eigenvalue weighted by Gasteiger charge is 2.11. The summed E-state index contributed by atoms with van der Waals surface area (Å²) in [5.41, 5.74) is 0. The molecule has 0 atom stereocenters. The Kier molecular flexibility index (Phi) is 2.68. The molecule has 0 saturated heterocycles. The lowest BCUT2D eigenvalue weighted by Crippen LogP contribution is -1.89. The Labute approximate surface area is 103 Å². The second kappa shape index (κ2) is 3.67. The van der Waals surface area contributed by atoms with E-state index in [0.717, 1.165) is 13.7 Å². The number of fused-ring (bicyclic) bond motifs is 1. The van der Waals surface area contributed by atoms with Crippen molar-refractivity contribution in [1.82, 2.24) is 0 Å². The van der Waals surface area contributed by atoms with Crippen molar-refractivity contribution in [2.75, 3.05) is 0 Å². The maximum atomic E-state index is 10.7. The van der Waals surface area contributed by atoms with Gasteiger partial charge in [0.1, 0.15) is 4.88 Å². The number of carbonyl (C=O) groups is 1. The lowest BCUT2D eigenvalue weighted by Gasteiger charge is -1.95. The number of hydrogen-bond acceptors (Lipinski definition) is 2. The molecule has 0 spiro atoms. The SMILES string of the molecule is O=C(O)c1cc2c(I)c(Cl)ccc2s1. The molecule has 1 heterocycles.